The van der Waals surface area contributed by atoms with Gasteiger partial charge >= 0.3 is 12.5 Å². The number of aryl methyl sites for hydroxylation is 1. The molecule has 0 radical (unpaired) electrons. The molecule has 4 aromatic rings. The van der Waals surface area contributed by atoms with Crippen LogP contribution in [0.1, 0.15) is 22.3 Å². The van der Waals surface area contributed by atoms with Gasteiger partial charge in [-0.3, -0.25) is 9.20 Å². The van der Waals surface area contributed by atoms with Crippen molar-refractivity contribution < 1.29 is 40.6 Å². The summed E-state index contributed by atoms with van der Waals surface area (Å²) in [6, 6.07) is 11.3. The second-order valence-electron chi connectivity index (χ2n) is 8.45. The summed E-state index contributed by atoms with van der Waals surface area (Å²) in [7, 11) is 1.52. The van der Waals surface area contributed by atoms with Crippen molar-refractivity contribution in [3.8, 4) is 28.5 Å². The van der Waals surface area contributed by atoms with Crippen molar-refractivity contribution in [3.63, 3.8) is 0 Å². The average Bonchev–Trinajstić information content (AvgIpc) is 3.27. The van der Waals surface area contributed by atoms with Gasteiger partial charge in [-0.1, -0.05) is 6.07 Å². The number of anilines is 1. The quantitative estimate of drug-likeness (QED) is 0.237. The van der Waals surface area contributed by atoms with E-state index in [1.54, 1.807) is 35.7 Å². The van der Waals surface area contributed by atoms with Gasteiger partial charge in [-0.25, -0.2) is 4.98 Å². The molecule has 0 atom stereocenters. The molecule has 0 aliphatic rings. The normalized spacial score (nSPS) is 11.9. The van der Waals surface area contributed by atoms with Crippen LogP contribution in [0.4, 0.5) is 32.0 Å². The largest absolute Gasteiger partial charge is 0.573 e. The first-order chi connectivity index (χ1) is 18.3. The molecule has 0 saturated heterocycles. The topological polar surface area (TPSA) is 76.9 Å². The molecule has 2 N–H and O–H groups in total. The first-order valence-corrected chi connectivity index (χ1v) is 11.5. The molecule has 39 heavy (non-hydrogen) atoms. The number of fused-ring (bicyclic) bond motifs is 1. The molecule has 0 aliphatic carbocycles. The highest BCUT2D eigenvalue weighted by atomic mass is 19.4. The van der Waals surface area contributed by atoms with Crippen LogP contribution in [0.15, 0.2) is 60.9 Å². The van der Waals surface area contributed by atoms with Crippen LogP contribution in [-0.4, -0.2) is 41.4 Å². The lowest BCUT2D eigenvalue weighted by atomic mass is 10.0. The highest BCUT2D eigenvalue weighted by Gasteiger charge is 2.31. The van der Waals surface area contributed by atoms with E-state index in [-0.39, 0.29) is 23.1 Å². The van der Waals surface area contributed by atoms with Gasteiger partial charge < -0.3 is 20.1 Å². The van der Waals surface area contributed by atoms with E-state index in [4.69, 9.17) is 4.74 Å². The van der Waals surface area contributed by atoms with Crippen LogP contribution in [-0.2, 0) is 0 Å². The van der Waals surface area contributed by atoms with Gasteiger partial charge in [0.1, 0.15) is 17.2 Å². The number of ether oxygens (including phenoxy) is 2. The van der Waals surface area contributed by atoms with Crippen LogP contribution >= 0.6 is 0 Å². The number of alkyl halides is 6. The van der Waals surface area contributed by atoms with Crippen LogP contribution in [0.5, 0.6) is 17.2 Å². The van der Waals surface area contributed by atoms with Gasteiger partial charge in [0.25, 0.3) is 5.91 Å². The third-order valence-electron chi connectivity index (χ3n) is 5.59. The highest BCUT2D eigenvalue weighted by molar-refractivity contribution is 5.96. The molecule has 0 fully saturated rings. The second-order valence-corrected chi connectivity index (χ2v) is 8.45. The maximum absolute atomic E-state index is 12.8. The summed E-state index contributed by atoms with van der Waals surface area (Å²) in [5.74, 6) is -0.347. The number of carbonyl (C=O) groups is 1. The number of aromatic nitrogens is 2. The lowest BCUT2D eigenvalue weighted by Crippen LogP contribution is -2.18. The predicted molar refractivity (Wildman–Crippen MR) is 131 cm³/mol. The van der Waals surface area contributed by atoms with Gasteiger partial charge in [0, 0.05) is 30.8 Å². The van der Waals surface area contributed by atoms with Gasteiger partial charge in [-0.15, -0.1) is 13.2 Å². The van der Waals surface area contributed by atoms with Crippen LogP contribution in [0.3, 0.4) is 0 Å². The van der Waals surface area contributed by atoms with E-state index in [0.29, 0.717) is 28.0 Å². The first kappa shape index (κ1) is 27.6. The van der Waals surface area contributed by atoms with Gasteiger partial charge in [-0.2, -0.15) is 13.2 Å². The maximum atomic E-state index is 12.8. The Kier molecular flexibility index (Phi) is 7.61. The lowest BCUT2D eigenvalue weighted by Gasteiger charge is -2.14. The Morgan fingerprint density at radius 1 is 0.974 bits per heavy atom. The standard InChI is InChI=1S/C26H22F6N4O3/c1-15-11-16(3-8-20(15)24(37)33-2)22-13-35-23-21(34-10-9-25(27,28)29)12-19(14-36(22)23)38-17-4-6-18(7-5-17)39-26(30,31)32/h3-8,11-14,34H,9-10H2,1-2H3,(H,33,37). The molecule has 1 amide bonds. The number of nitrogens with one attached hydrogen (secondary N) is 2. The number of hydrogen-bond donors (Lipinski definition) is 2. The minimum absolute atomic E-state index is 0.164. The van der Waals surface area contributed by atoms with Crippen molar-refractivity contribution in [2.45, 2.75) is 25.9 Å². The Morgan fingerprint density at radius 2 is 1.67 bits per heavy atom. The number of rotatable bonds is 8. The SMILES string of the molecule is CNC(=O)c1ccc(-c2cnc3c(NCCC(F)(F)F)cc(Oc4ccc(OC(F)(F)F)cc4)cn23)cc1C. The van der Waals surface area contributed by atoms with E-state index in [1.807, 2.05) is 0 Å². The Hall–Kier alpha value is -4.42. The van der Waals surface area contributed by atoms with Crippen LogP contribution in [0.2, 0.25) is 0 Å². The molecular formula is C26H22F6N4O3. The summed E-state index contributed by atoms with van der Waals surface area (Å²) in [6.45, 7) is 1.34. The number of halogens is 6. The molecule has 13 heteroatoms. The highest BCUT2D eigenvalue weighted by Crippen LogP contribution is 2.33. The zero-order valence-electron chi connectivity index (χ0n) is 20.6. The minimum atomic E-state index is -4.85. The second kappa shape index (κ2) is 10.8. The summed E-state index contributed by atoms with van der Waals surface area (Å²) in [5.41, 5.74) is 2.99. The van der Waals surface area contributed by atoms with Gasteiger partial charge in [0.2, 0.25) is 0 Å². The van der Waals surface area contributed by atoms with E-state index in [2.05, 4.69) is 20.4 Å². The summed E-state index contributed by atoms with van der Waals surface area (Å²) in [4.78, 5) is 16.4. The Labute approximate surface area is 218 Å². The maximum Gasteiger partial charge on any atom is 0.573 e. The third kappa shape index (κ3) is 6.92. The molecule has 206 valence electrons. The van der Waals surface area contributed by atoms with E-state index in [1.165, 1.54) is 31.4 Å². The van der Waals surface area contributed by atoms with Crippen LogP contribution < -0.4 is 20.1 Å². The van der Waals surface area contributed by atoms with Crippen molar-refractivity contribution >= 4 is 17.2 Å². The molecule has 0 aliphatic heterocycles. The summed E-state index contributed by atoms with van der Waals surface area (Å²) >= 11 is 0. The molecule has 2 aromatic carbocycles. The number of imidazole rings is 1. The Bertz CT molecular complexity index is 1480. The number of carbonyl (C=O) groups excluding carboxylic acids is 1. The molecule has 7 nitrogen and oxygen atoms in total. The van der Waals surface area contributed by atoms with Gasteiger partial charge in [-0.05, 0) is 48.9 Å². The summed E-state index contributed by atoms with van der Waals surface area (Å²) in [6.07, 6.45) is -7.22. The van der Waals surface area contributed by atoms with E-state index in [0.717, 1.165) is 12.1 Å². The predicted octanol–water partition coefficient (Wildman–Crippen LogP) is 6.72. The van der Waals surface area contributed by atoms with Gasteiger partial charge in [0.05, 0.1) is 30.2 Å². The van der Waals surface area contributed by atoms with E-state index < -0.39 is 31.3 Å². The molecule has 2 aromatic heterocycles. The number of pyridine rings is 1. The number of nitrogens with zero attached hydrogens (tertiary/aromatic N) is 2. The Morgan fingerprint density at radius 3 is 2.28 bits per heavy atom. The molecular weight excluding hydrogens is 530 g/mol. The minimum Gasteiger partial charge on any atom is -0.456 e. The van der Waals surface area contributed by atoms with Crippen molar-refractivity contribution in [1.82, 2.24) is 14.7 Å². The first-order valence-electron chi connectivity index (χ1n) is 11.5. The van der Waals surface area contributed by atoms with Crippen molar-refractivity contribution in [1.29, 1.82) is 0 Å². The van der Waals surface area contributed by atoms with Gasteiger partial charge in [0.15, 0.2) is 5.65 Å². The number of benzene rings is 2. The molecule has 0 saturated carbocycles. The fourth-order valence-corrected chi connectivity index (χ4v) is 3.86. The fourth-order valence-electron chi connectivity index (χ4n) is 3.86. The van der Waals surface area contributed by atoms with Crippen molar-refractivity contribution in [3.05, 3.63) is 72.1 Å². The zero-order chi connectivity index (χ0) is 28.4. The van der Waals surface area contributed by atoms with E-state index >= 15 is 0 Å². The third-order valence-corrected chi connectivity index (χ3v) is 5.59. The van der Waals surface area contributed by atoms with Crippen LogP contribution in [0, 0.1) is 6.92 Å². The fraction of sp³-hybridized carbons (Fsp3) is 0.231. The molecule has 4 rings (SSSR count). The van der Waals surface area contributed by atoms with E-state index in [9.17, 15) is 31.1 Å². The summed E-state index contributed by atoms with van der Waals surface area (Å²) in [5, 5.41) is 5.30. The Balaban J connectivity index is 1.71. The monoisotopic (exact) mass is 552 g/mol. The van der Waals surface area contributed by atoms with Crippen molar-refractivity contribution in [2.24, 2.45) is 0 Å². The zero-order valence-corrected chi connectivity index (χ0v) is 20.6. The molecule has 0 bridgehead atoms. The smallest absolute Gasteiger partial charge is 0.456 e. The summed E-state index contributed by atoms with van der Waals surface area (Å²) < 4.78 is 86.9. The molecule has 0 spiro atoms. The average molecular weight is 552 g/mol. The van der Waals surface area contributed by atoms with Crippen LogP contribution in [0.25, 0.3) is 16.9 Å². The molecule has 0 unspecified atom stereocenters. The molecule has 2 heterocycles. The lowest BCUT2D eigenvalue weighted by molar-refractivity contribution is -0.274. The number of hydrogen-bond acceptors (Lipinski definition) is 5. The number of amides is 1. The van der Waals surface area contributed by atoms with Crippen molar-refractivity contribution in [2.75, 3.05) is 18.9 Å².